The van der Waals surface area contributed by atoms with Gasteiger partial charge in [-0.1, -0.05) is 26.0 Å². The van der Waals surface area contributed by atoms with Crippen molar-refractivity contribution >= 4 is 0 Å². The minimum atomic E-state index is 0.140. The summed E-state index contributed by atoms with van der Waals surface area (Å²) in [6, 6.07) is 8.22. The monoisotopic (exact) mass is 207 g/mol. The lowest BCUT2D eigenvalue weighted by Gasteiger charge is -2.14. The van der Waals surface area contributed by atoms with Crippen molar-refractivity contribution in [2.24, 2.45) is 11.7 Å². The summed E-state index contributed by atoms with van der Waals surface area (Å²) in [5.41, 5.74) is 7.27. The SMILES string of the molecule is CCOc1ccc([C@@H](N)CC(C)C)cc1. The van der Waals surface area contributed by atoms with E-state index in [0.717, 1.165) is 12.2 Å². The summed E-state index contributed by atoms with van der Waals surface area (Å²) in [4.78, 5) is 0. The van der Waals surface area contributed by atoms with Gasteiger partial charge in [-0.25, -0.2) is 0 Å². The zero-order valence-corrected chi connectivity index (χ0v) is 9.86. The number of benzene rings is 1. The Hall–Kier alpha value is -1.02. The largest absolute Gasteiger partial charge is 0.494 e. The van der Waals surface area contributed by atoms with Crippen LogP contribution in [-0.4, -0.2) is 6.61 Å². The van der Waals surface area contributed by atoms with Crippen LogP contribution >= 0.6 is 0 Å². The molecule has 1 atom stereocenters. The van der Waals surface area contributed by atoms with E-state index in [-0.39, 0.29) is 6.04 Å². The van der Waals surface area contributed by atoms with E-state index in [9.17, 15) is 0 Å². The molecule has 0 radical (unpaired) electrons. The van der Waals surface area contributed by atoms with Gasteiger partial charge in [-0.2, -0.15) is 0 Å². The van der Waals surface area contributed by atoms with Gasteiger partial charge in [0.25, 0.3) is 0 Å². The first-order valence-corrected chi connectivity index (χ1v) is 5.61. The second kappa shape index (κ2) is 5.76. The summed E-state index contributed by atoms with van der Waals surface area (Å²) < 4.78 is 5.38. The van der Waals surface area contributed by atoms with Crippen molar-refractivity contribution in [1.29, 1.82) is 0 Å². The lowest BCUT2D eigenvalue weighted by Crippen LogP contribution is -2.12. The lowest BCUT2D eigenvalue weighted by atomic mass is 9.98. The van der Waals surface area contributed by atoms with Crippen LogP contribution in [0.5, 0.6) is 5.75 Å². The molecule has 0 amide bonds. The summed E-state index contributed by atoms with van der Waals surface area (Å²) in [6.45, 7) is 7.07. The van der Waals surface area contributed by atoms with Crippen molar-refractivity contribution in [3.05, 3.63) is 29.8 Å². The molecule has 0 unspecified atom stereocenters. The normalized spacial score (nSPS) is 12.9. The second-order valence-electron chi connectivity index (χ2n) is 4.24. The van der Waals surface area contributed by atoms with Crippen LogP contribution in [0, 0.1) is 5.92 Å². The van der Waals surface area contributed by atoms with Gasteiger partial charge < -0.3 is 10.5 Å². The summed E-state index contributed by atoms with van der Waals surface area (Å²) >= 11 is 0. The quantitative estimate of drug-likeness (QED) is 0.805. The highest BCUT2D eigenvalue weighted by Crippen LogP contribution is 2.21. The highest BCUT2D eigenvalue weighted by Gasteiger charge is 2.07. The standard InChI is InChI=1S/C13H21NO/c1-4-15-12-7-5-11(6-8-12)13(14)9-10(2)3/h5-8,10,13H,4,9,14H2,1-3H3/t13-/m0/s1. The predicted octanol–water partition coefficient (Wildman–Crippen LogP) is 3.13. The molecule has 1 aromatic rings. The molecule has 0 saturated heterocycles. The Bertz CT molecular complexity index is 279. The molecule has 0 bridgehead atoms. The highest BCUT2D eigenvalue weighted by atomic mass is 16.5. The zero-order chi connectivity index (χ0) is 11.3. The molecule has 0 fully saturated rings. The van der Waals surface area contributed by atoms with Gasteiger partial charge in [0.1, 0.15) is 5.75 Å². The average Bonchev–Trinajstić information content (AvgIpc) is 2.18. The Morgan fingerprint density at radius 2 is 1.80 bits per heavy atom. The molecule has 0 heterocycles. The number of hydrogen-bond acceptors (Lipinski definition) is 2. The van der Waals surface area contributed by atoms with Crippen LogP contribution in [0.4, 0.5) is 0 Å². The fraction of sp³-hybridized carbons (Fsp3) is 0.538. The van der Waals surface area contributed by atoms with Gasteiger partial charge in [0.05, 0.1) is 6.61 Å². The van der Waals surface area contributed by atoms with Crippen LogP contribution in [0.15, 0.2) is 24.3 Å². The Kier molecular flexibility index (Phi) is 4.63. The van der Waals surface area contributed by atoms with Crippen LogP contribution in [-0.2, 0) is 0 Å². The van der Waals surface area contributed by atoms with Gasteiger partial charge in [0.15, 0.2) is 0 Å². The number of nitrogens with two attached hydrogens (primary N) is 1. The van der Waals surface area contributed by atoms with E-state index >= 15 is 0 Å². The maximum Gasteiger partial charge on any atom is 0.119 e. The molecule has 1 rings (SSSR count). The first-order valence-electron chi connectivity index (χ1n) is 5.61. The summed E-state index contributed by atoms with van der Waals surface area (Å²) in [5.74, 6) is 1.55. The summed E-state index contributed by atoms with van der Waals surface area (Å²) in [6.07, 6.45) is 1.02. The van der Waals surface area contributed by atoms with Crippen LogP contribution in [0.3, 0.4) is 0 Å². The molecule has 0 aliphatic heterocycles. The molecular formula is C13H21NO. The second-order valence-corrected chi connectivity index (χ2v) is 4.24. The van der Waals surface area contributed by atoms with Gasteiger partial charge >= 0.3 is 0 Å². The highest BCUT2D eigenvalue weighted by molar-refractivity contribution is 5.29. The van der Waals surface area contributed by atoms with Crippen molar-refractivity contribution in [3.8, 4) is 5.75 Å². The topological polar surface area (TPSA) is 35.2 Å². The molecule has 15 heavy (non-hydrogen) atoms. The van der Waals surface area contributed by atoms with Gasteiger partial charge in [0, 0.05) is 6.04 Å². The van der Waals surface area contributed by atoms with Crippen LogP contribution in [0.2, 0.25) is 0 Å². The molecule has 0 aliphatic rings. The fourth-order valence-electron chi connectivity index (χ4n) is 1.62. The van der Waals surface area contributed by atoms with Crippen molar-refractivity contribution in [3.63, 3.8) is 0 Å². The predicted molar refractivity (Wildman–Crippen MR) is 64.0 cm³/mol. The Morgan fingerprint density at radius 3 is 2.27 bits per heavy atom. The van der Waals surface area contributed by atoms with Gasteiger partial charge in [-0.3, -0.25) is 0 Å². The van der Waals surface area contributed by atoms with Gasteiger partial charge in [-0.05, 0) is 37.0 Å². The van der Waals surface area contributed by atoms with E-state index in [1.54, 1.807) is 0 Å². The minimum absolute atomic E-state index is 0.140. The number of hydrogen-bond donors (Lipinski definition) is 1. The smallest absolute Gasteiger partial charge is 0.119 e. The van der Waals surface area contributed by atoms with Crippen molar-refractivity contribution < 1.29 is 4.74 Å². The van der Waals surface area contributed by atoms with E-state index in [1.807, 2.05) is 19.1 Å². The third kappa shape index (κ3) is 3.92. The molecule has 2 N–H and O–H groups in total. The van der Waals surface area contributed by atoms with E-state index in [1.165, 1.54) is 5.56 Å². The van der Waals surface area contributed by atoms with E-state index in [0.29, 0.717) is 12.5 Å². The maximum atomic E-state index is 6.08. The minimum Gasteiger partial charge on any atom is -0.494 e. The van der Waals surface area contributed by atoms with E-state index < -0.39 is 0 Å². The number of rotatable bonds is 5. The number of ether oxygens (including phenoxy) is 1. The van der Waals surface area contributed by atoms with E-state index in [4.69, 9.17) is 10.5 Å². The van der Waals surface area contributed by atoms with Crippen molar-refractivity contribution in [1.82, 2.24) is 0 Å². The molecule has 0 aliphatic carbocycles. The molecule has 84 valence electrons. The Morgan fingerprint density at radius 1 is 1.20 bits per heavy atom. The van der Waals surface area contributed by atoms with Crippen molar-refractivity contribution in [2.75, 3.05) is 6.61 Å². The molecule has 0 saturated carbocycles. The lowest BCUT2D eigenvalue weighted by molar-refractivity contribution is 0.340. The van der Waals surface area contributed by atoms with E-state index in [2.05, 4.69) is 26.0 Å². The molecule has 1 aromatic carbocycles. The van der Waals surface area contributed by atoms with Gasteiger partial charge in [0.2, 0.25) is 0 Å². The van der Waals surface area contributed by atoms with Crippen LogP contribution < -0.4 is 10.5 Å². The Labute approximate surface area is 92.4 Å². The summed E-state index contributed by atoms with van der Waals surface area (Å²) in [5, 5.41) is 0. The summed E-state index contributed by atoms with van der Waals surface area (Å²) in [7, 11) is 0. The fourth-order valence-corrected chi connectivity index (χ4v) is 1.62. The molecule has 2 nitrogen and oxygen atoms in total. The first kappa shape index (κ1) is 12.1. The third-order valence-electron chi connectivity index (χ3n) is 2.34. The average molecular weight is 207 g/mol. The molecule has 2 heteroatoms. The van der Waals surface area contributed by atoms with Crippen LogP contribution in [0.25, 0.3) is 0 Å². The molecule has 0 aromatic heterocycles. The van der Waals surface area contributed by atoms with Gasteiger partial charge in [-0.15, -0.1) is 0 Å². The van der Waals surface area contributed by atoms with Crippen molar-refractivity contribution in [2.45, 2.75) is 33.2 Å². The Balaban J connectivity index is 2.62. The molecular weight excluding hydrogens is 186 g/mol. The molecule has 0 spiro atoms. The first-order chi connectivity index (χ1) is 7.13. The van der Waals surface area contributed by atoms with Crippen LogP contribution in [0.1, 0.15) is 38.8 Å². The third-order valence-corrected chi connectivity index (χ3v) is 2.34. The zero-order valence-electron chi connectivity index (χ0n) is 9.86. The maximum absolute atomic E-state index is 6.08.